The van der Waals surface area contributed by atoms with Gasteiger partial charge in [0.15, 0.2) is 0 Å². The maximum absolute atomic E-state index is 6.48. The van der Waals surface area contributed by atoms with E-state index in [1.807, 2.05) is 5.57 Å². The van der Waals surface area contributed by atoms with Gasteiger partial charge in [0, 0.05) is 5.38 Å². The predicted octanol–water partition coefficient (Wildman–Crippen LogP) is 6.58. The molecule has 0 nitrogen and oxygen atoms in total. The molecule has 0 radical (unpaired) electrons. The van der Waals surface area contributed by atoms with E-state index >= 15 is 0 Å². The monoisotopic (exact) mass is 332 g/mol. The Balaban J connectivity index is 1.40. The van der Waals surface area contributed by atoms with Gasteiger partial charge in [0.25, 0.3) is 0 Å². The van der Waals surface area contributed by atoms with Gasteiger partial charge in [-0.2, -0.15) is 0 Å². The van der Waals surface area contributed by atoms with Crippen molar-refractivity contribution in [2.75, 3.05) is 0 Å². The van der Waals surface area contributed by atoms with Crippen LogP contribution in [0, 0.1) is 41.4 Å². The molecule has 5 aliphatic carbocycles. The average Bonchev–Trinajstić information content (AvgIpc) is 2.60. The molecule has 0 aromatic heterocycles. The van der Waals surface area contributed by atoms with E-state index in [0.717, 1.165) is 41.4 Å². The maximum atomic E-state index is 6.48. The van der Waals surface area contributed by atoms with Crippen LogP contribution in [0.3, 0.4) is 0 Å². The predicted molar refractivity (Wildman–Crippen MR) is 97.6 cm³/mol. The second-order valence-electron chi connectivity index (χ2n) is 9.51. The molecule has 1 heteroatoms. The lowest BCUT2D eigenvalue weighted by Crippen LogP contribution is -2.45. The van der Waals surface area contributed by atoms with Crippen molar-refractivity contribution in [1.82, 2.24) is 0 Å². The summed E-state index contributed by atoms with van der Waals surface area (Å²) in [5.74, 6) is 7.14. The normalized spacial score (nSPS) is 52.5. The highest BCUT2D eigenvalue weighted by atomic mass is 35.5. The van der Waals surface area contributed by atoms with Gasteiger partial charge in [0.05, 0.1) is 0 Å². The summed E-state index contributed by atoms with van der Waals surface area (Å²) in [7, 11) is 0. The first-order chi connectivity index (χ1) is 11.3. The van der Waals surface area contributed by atoms with Crippen molar-refractivity contribution in [3.05, 3.63) is 11.6 Å². The first kappa shape index (κ1) is 15.3. The van der Waals surface area contributed by atoms with E-state index < -0.39 is 0 Å². The molecule has 0 heterocycles. The number of allylic oxidation sites excluding steroid dienone is 2. The summed E-state index contributed by atoms with van der Waals surface area (Å²) in [6, 6.07) is 0. The fraction of sp³-hybridized carbons (Fsp3) is 0.909. The van der Waals surface area contributed by atoms with Crippen molar-refractivity contribution in [2.24, 2.45) is 41.4 Å². The van der Waals surface area contributed by atoms with Crippen molar-refractivity contribution in [3.63, 3.8) is 0 Å². The van der Waals surface area contributed by atoms with Gasteiger partial charge in [-0.3, -0.25) is 0 Å². The lowest BCUT2D eigenvalue weighted by molar-refractivity contribution is 0.0105. The molecule has 0 aromatic carbocycles. The van der Waals surface area contributed by atoms with Gasteiger partial charge < -0.3 is 0 Å². The smallest absolute Gasteiger partial charge is 0.0339 e. The lowest BCUT2D eigenvalue weighted by atomic mass is 9.51. The number of fused-ring (bicyclic) bond motifs is 7. The Kier molecular flexibility index (Phi) is 4.04. The minimum absolute atomic E-state index is 0.474. The van der Waals surface area contributed by atoms with Gasteiger partial charge in [-0.25, -0.2) is 0 Å². The van der Waals surface area contributed by atoms with Crippen LogP contribution >= 0.6 is 11.6 Å². The van der Waals surface area contributed by atoms with Gasteiger partial charge in [0.1, 0.15) is 0 Å². The van der Waals surface area contributed by atoms with Gasteiger partial charge in [-0.1, -0.05) is 30.9 Å². The van der Waals surface area contributed by atoms with E-state index in [1.165, 1.54) is 51.4 Å². The van der Waals surface area contributed by atoms with Crippen LogP contribution < -0.4 is 0 Å². The number of hydrogen-bond donors (Lipinski definition) is 0. The highest BCUT2D eigenvalue weighted by molar-refractivity contribution is 6.20. The second kappa shape index (κ2) is 6.08. The molecule has 23 heavy (non-hydrogen) atoms. The number of alkyl halides is 1. The molecule has 0 aromatic rings. The van der Waals surface area contributed by atoms with E-state index in [1.54, 1.807) is 25.7 Å². The molecule has 5 aliphatic rings. The van der Waals surface area contributed by atoms with Crippen LogP contribution in [0.4, 0.5) is 0 Å². The highest BCUT2D eigenvalue weighted by Crippen LogP contribution is 2.58. The van der Waals surface area contributed by atoms with Crippen LogP contribution in [0.5, 0.6) is 0 Å². The van der Waals surface area contributed by atoms with Gasteiger partial charge in [0.2, 0.25) is 0 Å². The van der Waals surface area contributed by atoms with Crippen LogP contribution in [0.15, 0.2) is 11.6 Å². The van der Waals surface area contributed by atoms with E-state index in [9.17, 15) is 0 Å². The van der Waals surface area contributed by atoms with Gasteiger partial charge in [-0.05, 0) is 99.2 Å². The van der Waals surface area contributed by atoms with E-state index in [2.05, 4.69) is 6.08 Å². The van der Waals surface area contributed by atoms with Gasteiger partial charge in [-0.15, -0.1) is 11.6 Å². The number of halogens is 1. The fourth-order valence-corrected chi connectivity index (χ4v) is 8.14. The molecule has 0 N–H and O–H groups in total. The molecule has 0 saturated heterocycles. The van der Waals surface area contributed by atoms with Gasteiger partial charge >= 0.3 is 0 Å². The zero-order valence-electron chi connectivity index (χ0n) is 14.6. The van der Waals surface area contributed by atoms with Crippen LogP contribution in [0.25, 0.3) is 0 Å². The first-order valence-corrected chi connectivity index (χ1v) is 11.1. The van der Waals surface area contributed by atoms with Crippen LogP contribution in [-0.4, -0.2) is 5.38 Å². The Morgan fingerprint density at radius 3 is 2.48 bits per heavy atom. The van der Waals surface area contributed by atoms with Crippen LogP contribution in [0.1, 0.15) is 77.0 Å². The molecule has 4 saturated carbocycles. The number of hydrogen-bond acceptors (Lipinski definition) is 0. The summed E-state index contributed by atoms with van der Waals surface area (Å²) in [5.41, 5.74) is 1.93. The van der Waals surface area contributed by atoms with Crippen molar-refractivity contribution in [2.45, 2.75) is 82.4 Å². The molecule has 7 unspecified atom stereocenters. The molecule has 128 valence electrons. The summed E-state index contributed by atoms with van der Waals surface area (Å²) in [6.07, 6.45) is 20.4. The van der Waals surface area contributed by atoms with Crippen molar-refractivity contribution in [3.8, 4) is 0 Å². The molecule has 4 fully saturated rings. The summed E-state index contributed by atoms with van der Waals surface area (Å²) in [5, 5.41) is 0.474. The molecule has 0 aliphatic heterocycles. The first-order valence-electron chi connectivity index (χ1n) is 10.6. The Labute approximate surface area is 147 Å². The maximum Gasteiger partial charge on any atom is 0.0339 e. The molecule has 0 bridgehead atoms. The number of rotatable bonds is 0. The fourth-order valence-electron chi connectivity index (χ4n) is 7.78. The molecular weight excluding hydrogens is 300 g/mol. The van der Waals surface area contributed by atoms with Crippen LogP contribution in [0.2, 0.25) is 0 Å². The highest BCUT2D eigenvalue weighted by Gasteiger charge is 2.49. The third-order valence-electron chi connectivity index (χ3n) is 8.70. The topological polar surface area (TPSA) is 0 Å². The molecule has 5 rings (SSSR count). The summed E-state index contributed by atoms with van der Waals surface area (Å²) in [6.45, 7) is 0. The van der Waals surface area contributed by atoms with Crippen LogP contribution in [-0.2, 0) is 0 Å². The summed E-state index contributed by atoms with van der Waals surface area (Å²) < 4.78 is 0. The molecule has 0 spiro atoms. The van der Waals surface area contributed by atoms with E-state index in [4.69, 9.17) is 11.6 Å². The third-order valence-corrected chi connectivity index (χ3v) is 9.10. The second-order valence-corrected chi connectivity index (χ2v) is 10.1. The quantitative estimate of drug-likeness (QED) is 0.347. The lowest BCUT2D eigenvalue weighted by Gasteiger charge is -2.54. The largest absolute Gasteiger partial charge is 0.123 e. The molecule has 0 amide bonds. The zero-order chi connectivity index (χ0) is 15.4. The van der Waals surface area contributed by atoms with Crippen molar-refractivity contribution in [1.29, 1.82) is 0 Å². The van der Waals surface area contributed by atoms with E-state index in [-0.39, 0.29) is 0 Å². The minimum Gasteiger partial charge on any atom is -0.123 e. The van der Waals surface area contributed by atoms with Crippen molar-refractivity contribution >= 4 is 11.6 Å². The zero-order valence-corrected chi connectivity index (χ0v) is 15.3. The molecular formula is C22H33Cl. The summed E-state index contributed by atoms with van der Waals surface area (Å²) >= 11 is 6.48. The molecule has 8 atom stereocenters. The average molecular weight is 333 g/mol. The van der Waals surface area contributed by atoms with E-state index in [0.29, 0.717) is 5.38 Å². The Morgan fingerprint density at radius 2 is 1.52 bits per heavy atom. The SMILES string of the molecule is Cl[C@@H]1CCC2C3=CCC4C5CCCCC5CCC4C3CCC2C1. The summed E-state index contributed by atoms with van der Waals surface area (Å²) in [4.78, 5) is 0. The van der Waals surface area contributed by atoms with Crippen molar-refractivity contribution < 1.29 is 0 Å². The Bertz CT molecular complexity index is 480. The minimum atomic E-state index is 0.474. The Hall–Kier alpha value is 0.0300. The standard InChI is InChI=1S/C22H33Cl/c23-16-7-10-18-15(13-16)6-9-22-20(18)12-11-19-17-4-2-1-3-14(17)5-8-21(19)22/h12,14-19,21-22H,1-11,13H2/t14?,15?,16-,17?,18?,19?,21?,22?/m1/s1. The Morgan fingerprint density at radius 1 is 0.696 bits per heavy atom. The third kappa shape index (κ3) is 2.54.